The number of carbonyl (C=O) groups excluding carboxylic acids is 2. The third-order valence-corrected chi connectivity index (χ3v) is 10.4. The van der Waals surface area contributed by atoms with Crippen LogP contribution in [-0.4, -0.2) is 65.1 Å². The van der Waals surface area contributed by atoms with Crippen LogP contribution in [0.4, 0.5) is 5.69 Å². The lowest BCUT2D eigenvalue weighted by molar-refractivity contribution is -0.140. The van der Waals surface area contributed by atoms with Crippen molar-refractivity contribution in [3.63, 3.8) is 0 Å². The van der Waals surface area contributed by atoms with Crippen molar-refractivity contribution >= 4 is 39.1 Å². The highest BCUT2D eigenvalue weighted by Gasteiger charge is 2.36. The molecule has 0 aliphatic heterocycles. The van der Waals surface area contributed by atoms with Crippen LogP contribution < -0.4 is 23.8 Å². The summed E-state index contributed by atoms with van der Waals surface area (Å²) >= 11 is 6.37. The Bertz CT molecular complexity index is 1660. The Balaban J connectivity index is 1.79. The molecule has 0 bridgehead atoms. The van der Waals surface area contributed by atoms with Crippen molar-refractivity contribution < 1.29 is 32.2 Å². The molecule has 3 aromatic rings. The second-order valence-corrected chi connectivity index (χ2v) is 13.9. The maximum absolute atomic E-state index is 14.5. The van der Waals surface area contributed by atoms with E-state index in [9.17, 15) is 18.0 Å². The molecule has 1 aliphatic rings. The molecule has 10 nitrogen and oxygen atoms in total. The SMILES string of the molecule is CC[C@H](C(=O)NC1CCCCC1)N(Cc1cccc(C)c1)C(=O)CN(c1cc(Cl)ccc1OC)S(=O)(=O)c1ccc(OC)c(OC)c1. The molecule has 0 spiro atoms. The van der Waals surface area contributed by atoms with E-state index in [2.05, 4.69) is 5.32 Å². The van der Waals surface area contributed by atoms with E-state index < -0.39 is 28.5 Å². The number of rotatable bonds is 14. The van der Waals surface area contributed by atoms with Crippen molar-refractivity contribution in [1.82, 2.24) is 10.2 Å². The summed E-state index contributed by atoms with van der Waals surface area (Å²) in [5.74, 6) is -0.0882. The van der Waals surface area contributed by atoms with Gasteiger partial charge in [0.25, 0.3) is 10.0 Å². The number of hydrogen-bond donors (Lipinski definition) is 1. The first-order valence-electron chi connectivity index (χ1n) is 15.8. The lowest BCUT2D eigenvalue weighted by Gasteiger charge is -2.34. The summed E-state index contributed by atoms with van der Waals surface area (Å²) in [6, 6.07) is 15.6. The molecule has 1 fully saturated rings. The van der Waals surface area contributed by atoms with Gasteiger partial charge in [-0.2, -0.15) is 0 Å². The molecule has 0 saturated heterocycles. The van der Waals surface area contributed by atoms with Crippen molar-refractivity contribution in [2.45, 2.75) is 75.9 Å². The minimum Gasteiger partial charge on any atom is -0.495 e. The summed E-state index contributed by atoms with van der Waals surface area (Å²) in [5, 5.41) is 3.41. The average molecular weight is 686 g/mol. The molecule has 0 aromatic heterocycles. The quantitative estimate of drug-likeness (QED) is 0.217. The molecule has 0 heterocycles. The van der Waals surface area contributed by atoms with Gasteiger partial charge < -0.3 is 24.4 Å². The number of hydrogen-bond acceptors (Lipinski definition) is 7. The molecule has 47 heavy (non-hydrogen) atoms. The van der Waals surface area contributed by atoms with E-state index in [0.29, 0.717) is 12.2 Å². The van der Waals surface area contributed by atoms with E-state index in [-0.39, 0.29) is 45.6 Å². The predicted octanol–water partition coefficient (Wildman–Crippen LogP) is 6.13. The molecule has 3 aromatic carbocycles. The van der Waals surface area contributed by atoms with Gasteiger partial charge in [-0.25, -0.2) is 8.42 Å². The van der Waals surface area contributed by atoms with Crippen molar-refractivity contribution in [3.05, 3.63) is 76.8 Å². The van der Waals surface area contributed by atoms with Crippen LogP contribution in [0, 0.1) is 6.92 Å². The van der Waals surface area contributed by atoms with Crippen LogP contribution in [0.25, 0.3) is 0 Å². The first-order valence-corrected chi connectivity index (χ1v) is 17.6. The van der Waals surface area contributed by atoms with Crippen LogP contribution in [0.15, 0.2) is 65.6 Å². The van der Waals surface area contributed by atoms with E-state index in [4.69, 9.17) is 25.8 Å². The normalized spacial score (nSPS) is 14.2. The molecule has 1 aliphatic carbocycles. The number of halogens is 1. The van der Waals surface area contributed by atoms with Crippen LogP contribution >= 0.6 is 11.6 Å². The van der Waals surface area contributed by atoms with Crippen molar-refractivity contribution in [1.29, 1.82) is 0 Å². The molecule has 4 rings (SSSR count). The van der Waals surface area contributed by atoms with E-state index in [1.54, 1.807) is 6.07 Å². The number of aryl methyl sites for hydroxylation is 1. The highest BCUT2D eigenvalue weighted by Crippen LogP contribution is 2.37. The number of amides is 2. The van der Waals surface area contributed by atoms with E-state index in [1.807, 2.05) is 38.1 Å². The summed E-state index contributed by atoms with van der Waals surface area (Å²) < 4.78 is 46.1. The molecule has 1 N–H and O–H groups in total. The number of nitrogens with zero attached hydrogens (tertiary/aromatic N) is 2. The maximum Gasteiger partial charge on any atom is 0.265 e. The molecule has 2 amide bonds. The zero-order valence-corrected chi connectivity index (χ0v) is 29.2. The van der Waals surface area contributed by atoms with Crippen molar-refractivity contribution in [3.8, 4) is 17.2 Å². The number of anilines is 1. The summed E-state index contributed by atoms with van der Waals surface area (Å²) in [6.45, 7) is 3.27. The van der Waals surface area contributed by atoms with E-state index in [0.717, 1.165) is 47.5 Å². The van der Waals surface area contributed by atoms with Crippen LogP contribution in [0.5, 0.6) is 17.2 Å². The van der Waals surface area contributed by atoms with Gasteiger partial charge in [-0.1, -0.05) is 67.6 Å². The predicted molar refractivity (Wildman–Crippen MR) is 183 cm³/mol. The standard InChI is InChI=1S/C35H44ClN3O7S/c1-6-29(35(41)37-27-13-8-7-9-14-27)38(22-25-12-10-11-24(2)19-25)34(40)23-39(30-20-26(36)15-17-31(30)44-3)47(42,43)28-16-18-32(45-4)33(21-28)46-5/h10-12,15-21,27,29H,6-9,13-14,22-23H2,1-5H3,(H,37,41)/t29-/m1/s1. The van der Waals surface area contributed by atoms with Gasteiger partial charge in [0.2, 0.25) is 11.8 Å². The Kier molecular flexibility index (Phi) is 12.4. The van der Waals surface area contributed by atoms with Gasteiger partial charge in [-0.05, 0) is 62.1 Å². The Morgan fingerprint density at radius 3 is 2.23 bits per heavy atom. The van der Waals surface area contributed by atoms with Gasteiger partial charge in [0.05, 0.1) is 31.9 Å². The Labute approximate surface area is 283 Å². The third kappa shape index (κ3) is 8.70. The second kappa shape index (κ2) is 16.2. The summed E-state index contributed by atoms with van der Waals surface area (Å²) in [5.41, 5.74) is 1.88. The monoisotopic (exact) mass is 685 g/mol. The zero-order valence-electron chi connectivity index (χ0n) is 27.6. The molecular formula is C35H44ClN3O7S. The van der Waals surface area contributed by atoms with Gasteiger partial charge in [-0.15, -0.1) is 0 Å². The highest BCUT2D eigenvalue weighted by atomic mass is 35.5. The van der Waals surface area contributed by atoms with Gasteiger partial charge in [0.1, 0.15) is 18.3 Å². The Morgan fingerprint density at radius 2 is 1.60 bits per heavy atom. The molecule has 254 valence electrons. The number of methoxy groups -OCH3 is 3. The largest absolute Gasteiger partial charge is 0.495 e. The fourth-order valence-electron chi connectivity index (χ4n) is 5.95. The number of benzene rings is 3. The summed E-state index contributed by atoms with van der Waals surface area (Å²) in [7, 11) is -0.174. The fourth-order valence-corrected chi connectivity index (χ4v) is 7.55. The third-order valence-electron chi connectivity index (χ3n) is 8.40. The van der Waals surface area contributed by atoms with Crippen molar-refractivity contribution in [2.75, 3.05) is 32.2 Å². The number of carbonyl (C=O) groups is 2. The van der Waals surface area contributed by atoms with Gasteiger partial charge in [-0.3, -0.25) is 13.9 Å². The van der Waals surface area contributed by atoms with Crippen LogP contribution in [0.2, 0.25) is 5.02 Å². The first-order chi connectivity index (χ1) is 22.5. The van der Waals surface area contributed by atoms with E-state index >= 15 is 0 Å². The Morgan fingerprint density at radius 1 is 0.915 bits per heavy atom. The van der Waals surface area contributed by atoms with Crippen LogP contribution in [0.1, 0.15) is 56.6 Å². The zero-order chi connectivity index (χ0) is 34.1. The van der Waals surface area contributed by atoms with E-state index in [1.165, 1.54) is 56.6 Å². The summed E-state index contributed by atoms with van der Waals surface area (Å²) in [4.78, 5) is 29.6. The number of nitrogens with one attached hydrogen (secondary N) is 1. The molecule has 1 saturated carbocycles. The number of sulfonamides is 1. The highest BCUT2D eigenvalue weighted by molar-refractivity contribution is 7.92. The lowest BCUT2D eigenvalue weighted by Crippen LogP contribution is -2.54. The van der Waals surface area contributed by atoms with Crippen LogP contribution in [0.3, 0.4) is 0 Å². The lowest BCUT2D eigenvalue weighted by atomic mass is 9.95. The van der Waals surface area contributed by atoms with Gasteiger partial charge in [0, 0.05) is 23.7 Å². The smallest absolute Gasteiger partial charge is 0.265 e. The minimum atomic E-state index is -4.43. The Hall–Kier alpha value is -3.96. The molecule has 0 unspecified atom stereocenters. The number of ether oxygens (including phenoxy) is 3. The first kappa shape index (κ1) is 35.9. The summed E-state index contributed by atoms with van der Waals surface area (Å²) in [6.07, 6.45) is 5.33. The van der Waals surface area contributed by atoms with Gasteiger partial charge >= 0.3 is 0 Å². The average Bonchev–Trinajstić information content (AvgIpc) is 3.07. The molecule has 1 atom stereocenters. The topological polar surface area (TPSA) is 114 Å². The molecule has 12 heteroatoms. The van der Waals surface area contributed by atoms with Crippen LogP contribution in [-0.2, 0) is 26.2 Å². The minimum absolute atomic E-state index is 0.0406. The van der Waals surface area contributed by atoms with Gasteiger partial charge in [0.15, 0.2) is 11.5 Å². The fraction of sp³-hybridized carbons (Fsp3) is 0.429. The van der Waals surface area contributed by atoms with Crippen molar-refractivity contribution in [2.24, 2.45) is 0 Å². The second-order valence-electron chi connectivity index (χ2n) is 11.6. The molecule has 0 radical (unpaired) electrons. The molecular weight excluding hydrogens is 642 g/mol. The maximum atomic E-state index is 14.5.